The van der Waals surface area contributed by atoms with Crippen LogP contribution < -0.4 is 5.32 Å². The minimum atomic E-state index is 0.136. The Morgan fingerprint density at radius 3 is 2.47 bits per heavy atom. The Balaban J connectivity index is 1.82. The van der Waals surface area contributed by atoms with Crippen LogP contribution in [0, 0.1) is 5.41 Å². The fourth-order valence-corrected chi connectivity index (χ4v) is 3.55. The van der Waals surface area contributed by atoms with Crippen molar-refractivity contribution in [3.05, 3.63) is 35.9 Å². The van der Waals surface area contributed by atoms with Gasteiger partial charge < -0.3 is 5.32 Å². The minimum absolute atomic E-state index is 0.136. The molecule has 0 radical (unpaired) electrons. The monoisotopic (exact) mass is 323 g/mol. The lowest BCUT2D eigenvalue weighted by molar-refractivity contribution is -0.121. The van der Waals surface area contributed by atoms with Crippen LogP contribution in [0.4, 0.5) is 0 Å². The topological polar surface area (TPSA) is 29.1 Å². The molecular formula is C16H22BrNO. The van der Waals surface area contributed by atoms with E-state index in [1.807, 2.05) is 30.3 Å². The maximum atomic E-state index is 12.0. The van der Waals surface area contributed by atoms with Crippen LogP contribution in [0.25, 0.3) is 0 Å². The predicted molar refractivity (Wildman–Crippen MR) is 82.5 cm³/mol. The third kappa shape index (κ3) is 4.34. The highest BCUT2D eigenvalue weighted by Crippen LogP contribution is 2.37. The number of amides is 1. The van der Waals surface area contributed by atoms with Gasteiger partial charge in [0.15, 0.2) is 0 Å². The number of rotatable bonds is 5. The number of nitrogens with one attached hydrogen (secondary N) is 1. The quantitative estimate of drug-likeness (QED) is 0.822. The summed E-state index contributed by atoms with van der Waals surface area (Å²) in [6.07, 6.45) is 6.86. The molecule has 0 saturated heterocycles. The molecule has 0 heterocycles. The highest BCUT2D eigenvalue weighted by atomic mass is 79.9. The predicted octanol–water partition coefficient (Wildman–Crippen LogP) is 3.69. The maximum Gasteiger partial charge on any atom is 0.224 e. The van der Waals surface area contributed by atoms with Gasteiger partial charge in [-0.1, -0.05) is 65.5 Å². The van der Waals surface area contributed by atoms with Crippen molar-refractivity contribution in [2.24, 2.45) is 5.41 Å². The summed E-state index contributed by atoms with van der Waals surface area (Å²) in [5.41, 5.74) is 1.36. The van der Waals surface area contributed by atoms with Crippen molar-refractivity contribution in [1.82, 2.24) is 5.32 Å². The first kappa shape index (κ1) is 14.6. The molecule has 1 aromatic rings. The van der Waals surface area contributed by atoms with Crippen LogP contribution in [-0.2, 0) is 11.2 Å². The Bertz CT molecular complexity index is 398. The maximum absolute atomic E-state index is 12.0. The zero-order chi connectivity index (χ0) is 13.6. The Morgan fingerprint density at radius 2 is 1.84 bits per heavy atom. The molecule has 0 spiro atoms. The zero-order valence-corrected chi connectivity index (χ0v) is 12.9. The van der Waals surface area contributed by atoms with Gasteiger partial charge in [0.25, 0.3) is 0 Å². The number of carbonyl (C=O) groups is 1. The van der Waals surface area contributed by atoms with Crippen LogP contribution in [-0.4, -0.2) is 17.8 Å². The van der Waals surface area contributed by atoms with Crippen LogP contribution in [0.3, 0.4) is 0 Å². The molecule has 1 aliphatic carbocycles. The molecule has 0 unspecified atom stereocenters. The van der Waals surface area contributed by atoms with E-state index < -0.39 is 0 Å². The summed E-state index contributed by atoms with van der Waals surface area (Å²) in [4.78, 5) is 12.0. The van der Waals surface area contributed by atoms with Gasteiger partial charge in [-0.3, -0.25) is 4.79 Å². The molecular weight excluding hydrogens is 302 g/mol. The van der Waals surface area contributed by atoms with Crippen molar-refractivity contribution < 1.29 is 4.79 Å². The first-order valence-electron chi connectivity index (χ1n) is 7.11. The number of alkyl halides is 1. The van der Waals surface area contributed by atoms with Crippen LogP contribution in [0.15, 0.2) is 30.3 Å². The molecule has 1 aliphatic rings. The fraction of sp³-hybridized carbons (Fsp3) is 0.562. The lowest BCUT2D eigenvalue weighted by atomic mass is 9.75. The summed E-state index contributed by atoms with van der Waals surface area (Å²) in [6.45, 7) is 0.809. The van der Waals surface area contributed by atoms with Crippen molar-refractivity contribution in [1.29, 1.82) is 0 Å². The Hall–Kier alpha value is -0.830. The first-order valence-corrected chi connectivity index (χ1v) is 8.23. The summed E-state index contributed by atoms with van der Waals surface area (Å²) in [5.74, 6) is 0.136. The molecule has 0 atom stereocenters. The van der Waals surface area contributed by atoms with E-state index >= 15 is 0 Å². The van der Waals surface area contributed by atoms with Gasteiger partial charge in [-0.05, 0) is 23.8 Å². The minimum Gasteiger partial charge on any atom is -0.355 e. The molecule has 19 heavy (non-hydrogen) atoms. The second-order valence-electron chi connectivity index (χ2n) is 5.63. The van der Waals surface area contributed by atoms with Gasteiger partial charge in [-0.25, -0.2) is 0 Å². The molecule has 1 amide bonds. The van der Waals surface area contributed by atoms with Gasteiger partial charge in [0.2, 0.25) is 5.91 Å². The molecule has 0 aliphatic heterocycles. The Morgan fingerprint density at radius 1 is 1.16 bits per heavy atom. The smallest absolute Gasteiger partial charge is 0.224 e. The highest BCUT2D eigenvalue weighted by molar-refractivity contribution is 9.09. The Labute approximate surface area is 124 Å². The van der Waals surface area contributed by atoms with Gasteiger partial charge in [0.1, 0.15) is 0 Å². The van der Waals surface area contributed by atoms with E-state index in [0.717, 1.165) is 17.4 Å². The number of hydrogen-bond donors (Lipinski definition) is 1. The van der Waals surface area contributed by atoms with Gasteiger partial charge in [0, 0.05) is 11.9 Å². The van der Waals surface area contributed by atoms with Crippen molar-refractivity contribution in [3.63, 3.8) is 0 Å². The van der Waals surface area contributed by atoms with Crippen molar-refractivity contribution in [2.45, 2.75) is 38.5 Å². The van der Waals surface area contributed by atoms with Crippen molar-refractivity contribution >= 4 is 21.8 Å². The molecule has 1 aromatic carbocycles. The van der Waals surface area contributed by atoms with E-state index in [0.29, 0.717) is 6.42 Å². The van der Waals surface area contributed by atoms with Gasteiger partial charge in [0.05, 0.1) is 6.42 Å². The standard InChI is InChI=1S/C16H22BrNO/c17-12-16(9-5-2-6-10-16)13-18-15(19)11-14-7-3-1-4-8-14/h1,3-4,7-8H,2,5-6,9-13H2,(H,18,19). The molecule has 1 saturated carbocycles. The summed E-state index contributed by atoms with van der Waals surface area (Å²) < 4.78 is 0. The van der Waals surface area contributed by atoms with E-state index in [1.54, 1.807) is 0 Å². The molecule has 1 N–H and O–H groups in total. The molecule has 0 bridgehead atoms. The number of benzene rings is 1. The van der Waals surface area contributed by atoms with E-state index in [4.69, 9.17) is 0 Å². The number of halogens is 1. The average molecular weight is 324 g/mol. The summed E-state index contributed by atoms with van der Waals surface area (Å²) in [5, 5.41) is 4.12. The molecule has 3 heteroatoms. The molecule has 2 rings (SSSR count). The third-order valence-electron chi connectivity index (χ3n) is 4.07. The fourth-order valence-electron chi connectivity index (χ4n) is 2.79. The van der Waals surface area contributed by atoms with Crippen LogP contribution in [0.2, 0.25) is 0 Å². The van der Waals surface area contributed by atoms with E-state index in [-0.39, 0.29) is 11.3 Å². The second kappa shape index (κ2) is 7.09. The average Bonchev–Trinajstić information content (AvgIpc) is 2.47. The van der Waals surface area contributed by atoms with E-state index in [2.05, 4.69) is 21.2 Å². The van der Waals surface area contributed by atoms with Crippen LogP contribution in [0.5, 0.6) is 0 Å². The lowest BCUT2D eigenvalue weighted by Gasteiger charge is -2.35. The SMILES string of the molecule is O=C(Cc1ccccc1)NCC1(CBr)CCCCC1. The van der Waals surface area contributed by atoms with E-state index in [9.17, 15) is 4.79 Å². The van der Waals surface area contributed by atoms with Crippen LogP contribution in [0.1, 0.15) is 37.7 Å². The van der Waals surface area contributed by atoms with Gasteiger partial charge in [-0.15, -0.1) is 0 Å². The van der Waals surface area contributed by atoms with Gasteiger partial charge >= 0.3 is 0 Å². The highest BCUT2D eigenvalue weighted by Gasteiger charge is 2.31. The van der Waals surface area contributed by atoms with Crippen LogP contribution >= 0.6 is 15.9 Å². The summed E-state index contributed by atoms with van der Waals surface area (Å²) in [7, 11) is 0. The number of carbonyl (C=O) groups excluding carboxylic acids is 1. The molecule has 104 valence electrons. The summed E-state index contributed by atoms with van der Waals surface area (Å²) >= 11 is 3.63. The van der Waals surface area contributed by atoms with Crippen molar-refractivity contribution in [2.75, 3.05) is 11.9 Å². The van der Waals surface area contributed by atoms with Crippen molar-refractivity contribution in [3.8, 4) is 0 Å². The third-order valence-corrected chi connectivity index (χ3v) is 5.26. The first-order chi connectivity index (χ1) is 9.24. The largest absolute Gasteiger partial charge is 0.355 e. The van der Waals surface area contributed by atoms with E-state index in [1.165, 1.54) is 32.1 Å². The zero-order valence-electron chi connectivity index (χ0n) is 11.3. The lowest BCUT2D eigenvalue weighted by Crippen LogP contribution is -2.40. The Kier molecular flexibility index (Phi) is 5.44. The van der Waals surface area contributed by atoms with Gasteiger partial charge in [-0.2, -0.15) is 0 Å². The second-order valence-corrected chi connectivity index (χ2v) is 6.19. The summed E-state index contributed by atoms with van der Waals surface area (Å²) in [6, 6.07) is 9.93. The number of hydrogen-bond acceptors (Lipinski definition) is 1. The normalized spacial score (nSPS) is 17.9. The molecule has 2 nitrogen and oxygen atoms in total. The molecule has 0 aromatic heterocycles. The molecule has 1 fully saturated rings.